The molecule has 0 N–H and O–H groups in total. The van der Waals surface area contributed by atoms with Gasteiger partial charge in [0.15, 0.2) is 6.29 Å². The molecule has 0 spiro atoms. The number of carbonyl (C=O) groups is 1. The molecule has 0 saturated heterocycles. The molecule has 3 aromatic rings. The minimum absolute atomic E-state index is 0.566. The summed E-state index contributed by atoms with van der Waals surface area (Å²) in [5.74, 6) is 0.828. The van der Waals surface area contributed by atoms with Crippen LogP contribution in [-0.4, -0.2) is 22.7 Å². The molecule has 0 fully saturated rings. The lowest BCUT2D eigenvalue weighted by atomic mass is 10.1. The summed E-state index contributed by atoms with van der Waals surface area (Å²) in [6, 6.07) is 17.5. The van der Waals surface area contributed by atoms with E-state index >= 15 is 0 Å². The monoisotopic (exact) mass is 306 g/mol. The Bertz CT molecular complexity index is 777. The number of rotatable bonds is 6. The second kappa shape index (κ2) is 6.92. The van der Waals surface area contributed by atoms with Crippen molar-refractivity contribution in [2.24, 2.45) is 0 Å². The molecule has 0 aliphatic rings. The molecule has 116 valence electrons. The van der Waals surface area contributed by atoms with Gasteiger partial charge in [-0.3, -0.25) is 4.79 Å². The first-order chi connectivity index (χ1) is 11.3. The molecule has 0 aliphatic carbocycles. The lowest BCUT2D eigenvalue weighted by molar-refractivity contribution is 0.112. The van der Waals surface area contributed by atoms with E-state index in [1.807, 2.05) is 54.6 Å². The number of ether oxygens (including phenoxy) is 1. The van der Waals surface area contributed by atoms with Crippen LogP contribution in [0.3, 0.4) is 0 Å². The zero-order valence-corrected chi connectivity index (χ0v) is 13.0. The summed E-state index contributed by atoms with van der Waals surface area (Å²) in [6.45, 7) is 2.77. The third kappa shape index (κ3) is 3.16. The highest BCUT2D eigenvalue weighted by Crippen LogP contribution is 2.27. The Labute approximate surface area is 135 Å². The van der Waals surface area contributed by atoms with Crippen LogP contribution in [0.2, 0.25) is 0 Å². The van der Waals surface area contributed by atoms with Crippen molar-refractivity contribution in [3.63, 3.8) is 0 Å². The van der Waals surface area contributed by atoms with Crippen LogP contribution in [0.5, 0.6) is 5.75 Å². The van der Waals surface area contributed by atoms with Gasteiger partial charge in [0.25, 0.3) is 0 Å². The average molecular weight is 306 g/mol. The molecule has 3 rings (SSSR count). The Morgan fingerprint density at radius 1 is 1.09 bits per heavy atom. The maximum atomic E-state index is 11.4. The van der Waals surface area contributed by atoms with E-state index in [1.165, 1.54) is 0 Å². The lowest BCUT2D eigenvalue weighted by Gasteiger charge is -2.10. The van der Waals surface area contributed by atoms with Crippen LogP contribution < -0.4 is 4.74 Å². The van der Waals surface area contributed by atoms with Crippen molar-refractivity contribution >= 4 is 6.29 Å². The molecule has 2 aromatic carbocycles. The number of benzene rings is 2. The topological polar surface area (TPSA) is 44.1 Å². The van der Waals surface area contributed by atoms with Gasteiger partial charge in [0.2, 0.25) is 0 Å². The average Bonchev–Trinajstić information content (AvgIpc) is 3.05. The van der Waals surface area contributed by atoms with Gasteiger partial charge in [0, 0.05) is 5.56 Å². The van der Waals surface area contributed by atoms with E-state index in [-0.39, 0.29) is 0 Å². The summed E-state index contributed by atoms with van der Waals surface area (Å²) in [6.07, 6.45) is 3.40. The van der Waals surface area contributed by atoms with Crippen LogP contribution in [0, 0.1) is 0 Å². The van der Waals surface area contributed by atoms with Crippen LogP contribution in [-0.2, 0) is 0 Å². The molecule has 0 unspecified atom stereocenters. The van der Waals surface area contributed by atoms with Gasteiger partial charge in [0.05, 0.1) is 29.7 Å². The molecule has 1 heterocycles. The number of aromatic nitrogens is 2. The Morgan fingerprint density at radius 3 is 2.48 bits per heavy atom. The maximum absolute atomic E-state index is 11.4. The second-order valence-electron chi connectivity index (χ2n) is 5.19. The summed E-state index contributed by atoms with van der Waals surface area (Å²) >= 11 is 0. The molecular formula is C19H18N2O2. The summed E-state index contributed by atoms with van der Waals surface area (Å²) in [7, 11) is 0. The first-order valence-corrected chi connectivity index (χ1v) is 7.65. The van der Waals surface area contributed by atoms with E-state index in [0.717, 1.165) is 35.4 Å². The van der Waals surface area contributed by atoms with Crippen LogP contribution in [0.1, 0.15) is 23.7 Å². The molecule has 4 nitrogen and oxygen atoms in total. The van der Waals surface area contributed by atoms with Gasteiger partial charge >= 0.3 is 0 Å². The molecule has 0 radical (unpaired) electrons. The third-order valence-corrected chi connectivity index (χ3v) is 3.53. The predicted octanol–water partition coefficient (Wildman–Crippen LogP) is 4.14. The van der Waals surface area contributed by atoms with E-state index in [2.05, 4.69) is 12.0 Å². The molecule has 23 heavy (non-hydrogen) atoms. The van der Waals surface area contributed by atoms with E-state index in [4.69, 9.17) is 4.74 Å². The second-order valence-corrected chi connectivity index (χ2v) is 5.19. The van der Waals surface area contributed by atoms with Gasteiger partial charge < -0.3 is 4.74 Å². The Morgan fingerprint density at radius 2 is 1.83 bits per heavy atom. The molecule has 0 aliphatic heterocycles. The summed E-state index contributed by atoms with van der Waals surface area (Å²) in [5, 5.41) is 4.36. The number of hydrogen-bond donors (Lipinski definition) is 0. The normalized spacial score (nSPS) is 10.5. The van der Waals surface area contributed by atoms with Crippen LogP contribution >= 0.6 is 0 Å². The number of aldehydes is 1. The van der Waals surface area contributed by atoms with Gasteiger partial charge in [-0.05, 0) is 42.8 Å². The quantitative estimate of drug-likeness (QED) is 0.643. The SMILES string of the molecule is CCCOc1ccc(-c2c(C=O)cnn2-c2ccccc2)cc1. The van der Waals surface area contributed by atoms with Gasteiger partial charge in [-0.15, -0.1) is 0 Å². The van der Waals surface area contributed by atoms with Crippen molar-refractivity contribution < 1.29 is 9.53 Å². The number of hydrogen-bond acceptors (Lipinski definition) is 3. The zero-order valence-electron chi connectivity index (χ0n) is 13.0. The highest BCUT2D eigenvalue weighted by Gasteiger charge is 2.14. The first-order valence-electron chi connectivity index (χ1n) is 7.65. The minimum Gasteiger partial charge on any atom is -0.494 e. The first kappa shape index (κ1) is 15.0. The predicted molar refractivity (Wildman–Crippen MR) is 90.2 cm³/mol. The highest BCUT2D eigenvalue weighted by atomic mass is 16.5. The molecule has 0 atom stereocenters. The smallest absolute Gasteiger partial charge is 0.153 e. The maximum Gasteiger partial charge on any atom is 0.153 e. The van der Waals surface area contributed by atoms with Crippen molar-refractivity contribution in [3.8, 4) is 22.7 Å². The summed E-state index contributed by atoms with van der Waals surface area (Å²) in [4.78, 5) is 11.4. The Balaban J connectivity index is 2.01. The van der Waals surface area contributed by atoms with Gasteiger partial charge in [-0.2, -0.15) is 5.10 Å². The van der Waals surface area contributed by atoms with Crippen LogP contribution in [0.15, 0.2) is 60.8 Å². The van der Waals surface area contributed by atoms with Crippen LogP contribution in [0.25, 0.3) is 16.9 Å². The summed E-state index contributed by atoms with van der Waals surface area (Å²) < 4.78 is 7.39. The highest BCUT2D eigenvalue weighted by molar-refractivity contribution is 5.86. The fourth-order valence-corrected chi connectivity index (χ4v) is 2.43. The van der Waals surface area contributed by atoms with E-state index < -0.39 is 0 Å². The number of nitrogens with zero attached hydrogens (tertiary/aromatic N) is 2. The molecule has 1 aromatic heterocycles. The van der Waals surface area contributed by atoms with Crippen molar-refractivity contribution in [2.45, 2.75) is 13.3 Å². The fraction of sp³-hybridized carbons (Fsp3) is 0.158. The fourth-order valence-electron chi connectivity index (χ4n) is 2.43. The molecular weight excluding hydrogens is 288 g/mol. The van der Waals surface area contributed by atoms with Gasteiger partial charge in [0.1, 0.15) is 5.75 Å². The van der Waals surface area contributed by atoms with E-state index in [1.54, 1.807) is 10.9 Å². The standard InChI is InChI=1S/C19H18N2O2/c1-2-12-23-18-10-8-15(9-11-18)19-16(14-22)13-20-21(19)17-6-4-3-5-7-17/h3-11,13-14H,2,12H2,1H3. The van der Waals surface area contributed by atoms with Crippen molar-refractivity contribution in [1.29, 1.82) is 0 Å². The summed E-state index contributed by atoms with van der Waals surface area (Å²) in [5.41, 5.74) is 3.20. The molecule has 0 bridgehead atoms. The largest absolute Gasteiger partial charge is 0.494 e. The third-order valence-electron chi connectivity index (χ3n) is 3.53. The minimum atomic E-state index is 0.566. The van der Waals surface area contributed by atoms with Gasteiger partial charge in [-0.1, -0.05) is 25.1 Å². The van der Waals surface area contributed by atoms with E-state index in [0.29, 0.717) is 12.2 Å². The number of carbonyl (C=O) groups excluding carboxylic acids is 1. The van der Waals surface area contributed by atoms with Crippen molar-refractivity contribution in [2.75, 3.05) is 6.61 Å². The van der Waals surface area contributed by atoms with Crippen molar-refractivity contribution in [3.05, 3.63) is 66.4 Å². The number of para-hydroxylation sites is 1. The van der Waals surface area contributed by atoms with Crippen LogP contribution in [0.4, 0.5) is 0 Å². The zero-order chi connectivity index (χ0) is 16.1. The molecule has 0 amide bonds. The molecule has 0 saturated carbocycles. The lowest BCUT2D eigenvalue weighted by Crippen LogP contribution is -2.00. The van der Waals surface area contributed by atoms with Crippen molar-refractivity contribution in [1.82, 2.24) is 9.78 Å². The van der Waals surface area contributed by atoms with Gasteiger partial charge in [-0.25, -0.2) is 4.68 Å². The molecule has 4 heteroatoms. The van der Waals surface area contributed by atoms with E-state index in [9.17, 15) is 4.79 Å². The Kier molecular flexibility index (Phi) is 4.52. The Hall–Kier alpha value is -2.88.